The van der Waals surface area contributed by atoms with Gasteiger partial charge in [-0.25, -0.2) is 4.79 Å². The molecule has 1 saturated carbocycles. The molecule has 0 spiro atoms. The number of amides is 1. The lowest BCUT2D eigenvalue weighted by Gasteiger charge is -2.33. The molecule has 4 rings (SSSR count). The predicted molar refractivity (Wildman–Crippen MR) is 117 cm³/mol. The summed E-state index contributed by atoms with van der Waals surface area (Å²) in [6, 6.07) is 19.8. The molecule has 3 unspecified atom stereocenters. The lowest BCUT2D eigenvalue weighted by molar-refractivity contribution is -0.155. The van der Waals surface area contributed by atoms with Crippen LogP contribution in [0.25, 0.3) is 0 Å². The second kappa shape index (κ2) is 9.92. The number of likely N-dealkylation sites (tertiary alicyclic amines) is 1. The number of aryl methyl sites for hydroxylation is 1. The second-order valence-electron chi connectivity index (χ2n) is 8.60. The molecule has 3 atom stereocenters. The summed E-state index contributed by atoms with van der Waals surface area (Å²) in [6.45, 7) is 0.265. The number of rotatable bonds is 7. The van der Waals surface area contributed by atoms with Gasteiger partial charge in [0.1, 0.15) is 12.6 Å². The van der Waals surface area contributed by atoms with E-state index in [1.807, 2.05) is 53.4 Å². The summed E-state index contributed by atoms with van der Waals surface area (Å²) in [5, 5.41) is 0. The smallest absolute Gasteiger partial charge is 0.329 e. The summed E-state index contributed by atoms with van der Waals surface area (Å²) in [5.74, 6) is 0.303. The van der Waals surface area contributed by atoms with Gasteiger partial charge in [0.2, 0.25) is 5.91 Å². The van der Waals surface area contributed by atoms with Crippen molar-refractivity contribution in [3.63, 3.8) is 0 Å². The zero-order chi connectivity index (χ0) is 20.8. The maximum absolute atomic E-state index is 13.2. The molecule has 4 nitrogen and oxygen atoms in total. The summed E-state index contributed by atoms with van der Waals surface area (Å²) in [6.07, 6.45) is 7.39. The molecule has 4 heteroatoms. The quantitative estimate of drug-likeness (QED) is 0.615. The molecule has 0 radical (unpaired) electrons. The van der Waals surface area contributed by atoms with Crippen molar-refractivity contribution < 1.29 is 14.3 Å². The molecule has 1 saturated heterocycles. The highest BCUT2D eigenvalue weighted by Crippen LogP contribution is 2.40. The summed E-state index contributed by atoms with van der Waals surface area (Å²) in [4.78, 5) is 28.1. The van der Waals surface area contributed by atoms with Crippen molar-refractivity contribution in [3.05, 3.63) is 71.8 Å². The normalized spacial score (nSPS) is 23.1. The molecule has 2 aromatic carbocycles. The Kier molecular flexibility index (Phi) is 6.83. The van der Waals surface area contributed by atoms with E-state index in [4.69, 9.17) is 4.74 Å². The minimum absolute atomic E-state index is 0.113. The predicted octanol–water partition coefficient (Wildman–Crippen LogP) is 4.91. The number of hydrogen-bond donors (Lipinski definition) is 0. The van der Waals surface area contributed by atoms with Crippen molar-refractivity contribution >= 4 is 11.9 Å². The first-order chi connectivity index (χ1) is 14.7. The molecule has 2 aromatic rings. The van der Waals surface area contributed by atoms with Gasteiger partial charge >= 0.3 is 5.97 Å². The Morgan fingerprint density at radius 1 is 0.900 bits per heavy atom. The lowest BCUT2D eigenvalue weighted by Crippen LogP contribution is -2.46. The van der Waals surface area contributed by atoms with Crippen LogP contribution >= 0.6 is 0 Å². The molecule has 0 bridgehead atoms. The summed E-state index contributed by atoms with van der Waals surface area (Å²) in [5.41, 5.74) is 2.23. The number of nitrogens with zero attached hydrogens (tertiary/aromatic N) is 1. The highest BCUT2D eigenvalue weighted by Gasteiger charge is 2.47. The van der Waals surface area contributed by atoms with Gasteiger partial charge in [-0.2, -0.15) is 0 Å². The fraction of sp³-hybridized carbons (Fsp3) is 0.462. The molecular formula is C26H31NO3. The second-order valence-corrected chi connectivity index (χ2v) is 8.60. The third-order valence-electron chi connectivity index (χ3n) is 6.57. The topological polar surface area (TPSA) is 46.6 Å². The number of benzene rings is 2. The van der Waals surface area contributed by atoms with Gasteiger partial charge in [-0.1, -0.05) is 73.5 Å². The van der Waals surface area contributed by atoms with Crippen LogP contribution in [0.15, 0.2) is 60.7 Å². The molecule has 158 valence electrons. The van der Waals surface area contributed by atoms with E-state index in [2.05, 4.69) is 12.1 Å². The van der Waals surface area contributed by atoms with Crippen molar-refractivity contribution in [2.75, 3.05) is 0 Å². The summed E-state index contributed by atoms with van der Waals surface area (Å²) < 4.78 is 5.64. The maximum Gasteiger partial charge on any atom is 0.329 e. The molecule has 1 aliphatic carbocycles. The highest BCUT2D eigenvalue weighted by atomic mass is 16.5. The van der Waals surface area contributed by atoms with E-state index in [9.17, 15) is 9.59 Å². The van der Waals surface area contributed by atoms with E-state index >= 15 is 0 Å². The summed E-state index contributed by atoms with van der Waals surface area (Å²) >= 11 is 0. The van der Waals surface area contributed by atoms with Crippen LogP contribution in [0.4, 0.5) is 0 Å². The van der Waals surface area contributed by atoms with Gasteiger partial charge in [-0.3, -0.25) is 4.79 Å². The van der Waals surface area contributed by atoms with Crippen LogP contribution in [0, 0.1) is 5.92 Å². The Morgan fingerprint density at radius 2 is 1.57 bits per heavy atom. The number of fused-ring (bicyclic) bond motifs is 1. The first kappa shape index (κ1) is 20.6. The Morgan fingerprint density at radius 3 is 2.30 bits per heavy atom. The first-order valence-electron chi connectivity index (χ1n) is 11.3. The van der Waals surface area contributed by atoms with Gasteiger partial charge < -0.3 is 9.64 Å². The van der Waals surface area contributed by atoms with Gasteiger partial charge in [0.25, 0.3) is 0 Å². The van der Waals surface area contributed by atoms with Crippen LogP contribution in [0.3, 0.4) is 0 Å². The van der Waals surface area contributed by atoms with Crippen LogP contribution in [0.1, 0.15) is 56.1 Å². The van der Waals surface area contributed by atoms with Crippen molar-refractivity contribution in [2.24, 2.45) is 5.92 Å². The molecule has 0 N–H and O–H groups in total. The van der Waals surface area contributed by atoms with Crippen molar-refractivity contribution in [2.45, 2.75) is 70.1 Å². The zero-order valence-electron chi connectivity index (χ0n) is 17.5. The van der Waals surface area contributed by atoms with Gasteiger partial charge in [0.05, 0.1) is 0 Å². The Bertz CT molecular complexity index is 836. The number of carbonyl (C=O) groups excluding carboxylic acids is 2. The van der Waals surface area contributed by atoms with Crippen LogP contribution in [-0.2, 0) is 27.4 Å². The Balaban J connectivity index is 1.39. The molecular weight excluding hydrogens is 374 g/mol. The maximum atomic E-state index is 13.2. The molecule has 1 amide bonds. The average Bonchev–Trinajstić information content (AvgIpc) is 3.19. The number of ether oxygens (including phenoxy) is 1. The summed E-state index contributed by atoms with van der Waals surface area (Å²) in [7, 11) is 0. The van der Waals surface area contributed by atoms with E-state index in [0.717, 1.165) is 44.1 Å². The van der Waals surface area contributed by atoms with Crippen LogP contribution < -0.4 is 0 Å². The van der Waals surface area contributed by atoms with Crippen molar-refractivity contribution in [3.8, 4) is 0 Å². The minimum atomic E-state index is -0.425. The fourth-order valence-corrected chi connectivity index (χ4v) is 5.07. The average molecular weight is 406 g/mol. The van der Waals surface area contributed by atoms with Crippen LogP contribution in [-0.4, -0.2) is 28.9 Å². The molecule has 0 aromatic heterocycles. The molecule has 2 fully saturated rings. The Labute approximate surface area is 179 Å². The number of hydrogen-bond acceptors (Lipinski definition) is 3. The van der Waals surface area contributed by atoms with E-state index in [1.54, 1.807) is 0 Å². The number of carbonyl (C=O) groups is 2. The van der Waals surface area contributed by atoms with Crippen molar-refractivity contribution in [1.82, 2.24) is 4.90 Å². The molecule has 2 aliphatic rings. The van der Waals surface area contributed by atoms with Crippen molar-refractivity contribution in [1.29, 1.82) is 0 Å². The lowest BCUT2D eigenvalue weighted by atomic mass is 9.84. The fourth-order valence-electron chi connectivity index (χ4n) is 5.07. The van der Waals surface area contributed by atoms with E-state index < -0.39 is 6.04 Å². The van der Waals surface area contributed by atoms with Crippen LogP contribution in [0.2, 0.25) is 0 Å². The standard InChI is InChI=1S/C26H31NO3/c28-25(17-9-14-20-10-3-1-4-11-20)27-23-16-8-7-15-22(23)18-24(27)26(29)30-19-21-12-5-2-6-13-21/h1-6,10-13,22-24H,7-9,14-19H2. The van der Waals surface area contributed by atoms with Gasteiger partial charge in [0.15, 0.2) is 0 Å². The first-order valence-corrected chi connectivity index (χ1v) is 11.3. The van der Waals surface area contributed by atoms with Gasteiger partial charge in [0, 0.05) is 12.5 Å². The van der Waals surface area contributed by atoms with E-state index in [0.29, 0.717) is 12.3 Å². The monoisotopic (exact) mass is 405 g/mol. The zero-order valence-corrected chi connectivity index (χ0v) is 17.5. The molecule has 1 aliphatic heterocycles. The Hall–Kier alpha value is -2.62. The molecule has 30 heavy (non-hydrogen) atoms. The van der Waals surface area contributed by atoms with E-state index in [-0.39, 0.29) is 24.5 Å². The third-order valence-corrected chi connectivity index (χ3v) is 6.57. The minimum Gasteiger partial charge on any atom is -0.459 e. The largest absolute Gasteiger partial charge is 0.459 e. The highest BCUT2D eigenvalue weighted by molar-refractivity contribution is 5.85. The van der Waals surface area contributed by atoms with Crippen LogP contribution in [0.5, 0.6) is 0 Å². The SMILES string of the molecule is O=C(OCc1ccccc1)C1CC2CCCCC2N1C(=O)CCCc1ccccc1. The van der Waals surface area contributed by atoms with Gasteiger partial charge in [-0.15, -0.1) is 0 Å². The van der Waals surface area contributed by atoms with Gasteiger partial charge in [-0.05, 0) is 49.1 Å². The number of esters is 1. The van der Waals surface area contributed by atoms with E-state index in [1.165, 1.54) is 12.0 Å². The molecule has 1 heterocycles. The third kappa shape index (κ3) is 4.92.